The average molecular weight is 476 g/mol. The number of nitrogens with zero attached hydrogens (tertiary/aromatic N) is 3. The van der Waals surface area contributed by atoms with Crippen LogP contribution in [0.3, 0.4) is 0 Å². The molecule has 4 aromatic rings. The molecule has 0 amide bonds. The van der Waals surface area contributed by atoms with Gasteiger partial charge in [-0.25, -0.2) is 4.68 Å². The molecule has 2 heterocycles. The smallest absolute Gasteiger partial charge is 0.241 e. The monoisotopic (exact) mass is 475 g/mol. The summed E-state index contributed by atoms with van der Waals surface area (Å²) in [7, 11) is 0. The molecule has 0 fully saturated rings. The largest absolute Gasteiger partial charge is 0.489 e. The quantitative estimate of drug-likeness (QED) is 0.406. The van der Waals surface area contributed by atoms with Crippen molar-refractivity contribution in [3.05, 3.63) is 100 Å². The van der Waals surface area contributed by atoms with Gasteiger partial charge in [-0.05, 0) is 47.4 Å². The molecular weight excluding hydrogens is 454 g/mol. The van der Waals surface area contributed by atoms with E-state index < -0.39 is 0 Å². The second-order valence-electron chi connectivity index (χ2n) is 7.58. The van der Waals surface area contributed by atoms with Gasteiger partial charge in [0.25, 0.3) is 0 Å². The van der Waals surface area contributed by atoms with E-state index in [9.17, 15) is 0 Å². The molecule has 0 saturated carbocycles. The predicted molar refractivity (Wildman–Crippen MR) is 125 cm³/mol. The van der Waals surface area contributed by atoms with Crippen molar-refractivity contribution in [2.24, 2.45) is 0 Å². The van der Waals surface area contributed by atoms with Crippen molar-refractivity contribution in [3.63, 3.8) is 0 Å². The minimum Gasteiger partial charge on any atom is -0.489 e. The molecule has 5 rings (SSSR count). The van der Waals surface area contributed by atoms with E-state index in [0.29, 0.717) is 12.6 Å². The van der Waals surface area contributed by atoms with Crippen LogP contribution in [0.4, 0.5) is 11.9 Å². The summed E-state index contributed by atoms with van der Waals surface area (Å²) in [4.78, 5) is 4.39. The van der Waals surface area contributed by atoms with Gasteiger partial charge in [0.2, 0.25) is 11.9 Å². The number of hydrogen-bond donors (Lipinski definition) is 2. The summed E-state index contributed by atoms with van der Waals surface area (Å²) in [5, 5.41) is 7.90. The van der Waals surface area contributed by atoms with Crippen molar-refractivity contribution >= 4 is 27.8 Å². The second-order valence-corrected chi connectivity index (χ2v) is 8.50. The maximum Gasteiger partial charge on any atom is 0.241 e. The van der Waals surface area contributed by atoms with Gasteiger partial charge in [-0.1, -0.05) is 70.5 Å². The van der Waals surface area contributed by atoms with Gasteiger partial charge in [0.05, 0.1) is 12.1 Å². The zero-order valence-corrected chi connectivity index (χ0v) is 18.4. The van der Waals surface area contributed by atoms with Gasteiger partial charge >= 0.3 is 0 Å². The van der Waals surface area contributed by atoms with Gasteiger partial charge in [0.15, 0.2) is 0 Å². The fourth-order valence-corrected chi connectivity index (χ4v) is 4.18. The molecule has 6 nitrogen and oxygen atoms in total. The van der Waals surface area contributed by atoms with Crippen molar-refractivity contribution in [2.75, 3.05) is 11.1 Å². The van der Waals surface area contributed by atoms with E-state index in [4.69, 9.17) is 10.5 Å². The predicted octanol–water partition coefficient (Wildman–Crippen LogP) is 5.35. The molecule has 0 spiro atoms. The van der Waals surface area contributed by atoms with E-state index in [0.717, 1.165) is 27.8 Å². The lowest BCUT2D eigenvalue weighted by molar-refractivity contribution is 0.306. The Morgan fingerprint density at radius 3 is 2.42 bits per heavy atom. The van der Waals surface area contributed by atoms with E-state index in [1.807, 2.05) is 35.0 Å². The van der Waals surface area contributed by atoms with Crippen molar-refractivity contribution in [1.82, 2.24) is 14.8 Å². The van der Waals surface area contributed by atoms with E-state index in [2.05, 4.69) is 79.9 Å². The fraction of sp³-hybridized carbons (Fsp3) is 0.167. The Morgan fingerprint density at radius 2 is 1.68 bits per heavy atom. The lowest BCUT2D eigenvalue weighted by Gasteiger charge is -2.31. The summed E-state index contributed by atoms with van der Waals surface area (Å²) >= 11 is 3.51. The van der Waals surface area contributed by atoms with Gasteiger partial charge in [0, 0.05) is 4.47 Å². The molecule has 0 bridgehead atoms. The van der Waals surface area contributed by atoms with E-state index in [1.54, 1.807) is 0 Å². The van der Waals surface area contributed by atoms with Gasteiger partial charge < -0.3 is 15.8 Å². The first-order chi connectivity index (χ1) is 15.2. The molecule has 0 unspecified atom stereocenters. The van der Waals surface area contributed by atoms with Crippen molar-refractivity contribution in [1.29, 1.82) is 0 Å². The molecule has 0 radical (unpaired) electrons. The topological polar surface area (TPSA) is 78.0 Å². The molecular formula is C24H22BrN5O. The zero-order valence-electron chi connectivity index (χ0n) is 16.8. The van der Waals surface area contributed by atoms with Crippen LogP contribution in [-0.2, 0) is 6.61 Å². The Balaban J connectivity index is 1.38. The number of anilines is 2. The number of aromatic nitrogens is 3. The minimum absolute atomic E-state index is 0.0258. The Labute approximate surface area is 189 Å². The summed E-state index contributed by atoms with van der Waals surface area (Å²) in [5.41, 5.74) is 9.39. The maximum absolute atomic E-state index is 5.94. The molecule has 3 aromatic carbocycles. The van der Waals surface area contributed by atoms with Crippen molar-refractivity contribution < 1.29 is 4.74 Å². The van der Waals surface area contributed by atoms with Crippen molar-refractivity contribution in [3.8, 4) is 5.75 Å². The fourth-order valence-electron chi connectivity index (χ4n) is 3.91. The number of nitrogen functional groups attached to an aromatic ring is 1. The summed E-state index contributed by atoms with van der Waals surface area (Å²) in [6, 6.07) is 26.8. The highest BCUT2D eigenvalue weighted by Crippen LogP contribution is 2.38. The van der Waals surface area contributed by atoms with E-state index >= 15 is 0 Å². The third-order valence-electron chi connectivity index (χ3n) is 5.49. The molecule has 3 N–H and O–H groups in total. The lowest BCUT2D eigenvalue weighted by atomic mass is 9.93. The van der Waals surface area contributed by atoms with Crippen LogP contribution in [0.15, 0.2) is 83.3 Å². The first-order valence-corrected chi connectivity index (χ1v) is 11.0. The molecule has 2 atom stereocenters. The molecule has 0 saturated heterocycles. The highest BCUT2D eigenvalue weighted by Gasteiger charge is 2.30. The first kappa shape index (κ1) is 19.6. The normalized spacial score (nSPS) is 17.6. The first-order valence-electron chi connectivity index (χ1n) is 10.2. The number of ether oxygens (including phenoxy) is 1. The minimum atomic E-state index is 0.0258. The lowest BCUT2D eigenvalue weighted by Crippen LogP contribution is -2.28. The third kappa shape index (κ3) is 4.27. The van der Waals surface area contributed by atoms with Gasteiger partial charge in [-0.3, -0.25) is 0 Å². The van der Waals surface area contributed by atoms with Crippen LogP contribution in [0, 0.1) is 0 Å². The Kier molecular flexibility index (Phi) is 5.34. The number of halogens is 1. The van der Waals surface area contributed by atoms with Gasteiger partial charge in [0.1, 0.15) is 12.4 Å². The molecule has 7 heteroatoms. The van der Waals surface area contributed by atoms with Crippen LogP contribution in [0.5, 0.6) is 5.75 Å². The SMILES string of the molecule is Nc1nc2n(n1)[C@H](c1ccc(OCc3ccccc3)cc1)C[C@H](c1ccc(Br)cc1)N2. The maximum atomic E-state index is 5.94. The van der Waals surface area contributed by atoms with Crippen LogP contribution < -0.4 is 15.8 Å². The molecule has 1 aliphatic rings. The molecule has 0 aliphatic carbocycles. The Bertz CT molecular complexity index is 1160. The second kappa shape index (κ2) is 8.43. The molecule has 156 valence electrons. The zero-order chi connectivity index (χ0) is 21.2. The molecule has 1 aromatic heterocycles. The van der Waals surface area contributed by atoms with Gasteiger partial charge in [-0.2, -0.15) is 4.98 Å². The Morgan fingerprint density at radius 1 is 0.968 bits per heavy atom. The highest BCUT2D eigenvalue weighted by atomic mass is 79.9. The number of hydrogen-bond acceptors (Lipinski definition) is 5. The van der Waals surface area contributed by atoms with E-state index in [-0.39, 0.29) is 18.0 Å². The molecule has 1 aliphatic heterocycles. The summed E-state index contributed by atoms with van der Waals surface area (Å²) in [6.07, 6.45) is 0.835. The van der Waals surface area contributed by atoms with Crippen LogP contribution in [-0.4, -0.2) is 14.8 Å². The number of fused-ring (bicyclic) bond motifs is 1. The summed E-state index contributed by atoms with van der Waals surface area (Å²) in [5.74, 6) is 1.79. The van der Waals surface area contributed by atoms with Gasteiger partial charge in [-0.15, -0.1) is 5.10 Å². The van der Waals surface area contributed by atoms with Crippen LogP contribution in [0.25, 0.3) is 0 Å². The average Bonchev–Trinajstić information content (AvgIpc) is 3.19. The summed E-state index contributed by atoms with van der Waals surface area (Å²) in [6.45, 7) is 0.545. The highest BCUT2D eigenvalue weighted by molar-refractivity contribution is 9.10. The summed E-state index contributed by atoms with van der Waals surface area (Å²) < 4.78 is 8.88. The van der Waals surface area contributed by atoms with E-state index in [1.165, 1.54) is 5.56 Å². The standard InChI is InChI=1S/C24H22BrN5O/c25-19-10-6-17(7-11-19)21-14-22(30-24(27-21)28-23(26)29-30)18-8-12-20(13-9-18)31-15-16-4-2-1-3-5-16/h1-13,21-22H,14-15H2,(H3,26,27,28,29)/t21-,22+/m1/s1. The van der Waals surface area contributed by atoms with Crippen LogP contribution in [0.1, 0.15) is 35.2 Å². The molecule has 31 heavy (non-hydrogen) atoms. The number of nitrogens with two attached hydrogens (primary N) is 1. The third-order valence-corrected chi connectivity index (χ3v) is 6.02. The van der Waals surface area contributed by atoms with Crippen molar-refractivity contribution in [2.45, 2.75) is 25.1 Å². The number of benzene rings is 3. The Hall–Kier alpha value is -3.32. The number of rotatable bonds is 5. The number of nitrogens with one attached hydrogen (secondary N) is 1. The van der Waals surface area contributed by atoms with Crippen LogP contribution in [0.2, 0.25) is 0 Å². The van der Waals surface area contributed by atoms with Crippen LogP contribution >= 0.6 is 15.9 Å².